The van der Waals surface area contributed by atoms with Gasteiger partial charge in [0.15, 0.2) is 5.82 Å². The van der Waals surface area contributed by atoms with Crippen LogP contribution in [0.1, 0.15) is 35.6 Å². The van der Waals surface area contributed by atoms with Crippen LogP contribution in [0.4, 0.5) is 10.3 Å². The predicted molar refractivity (Wildman–Crippen MR) is 125 cm³/mol. The Morgan fingerprint density at radius 2 is 1.74 bits per heavy atom. The van der Waals surface area contributed by atoms with Crippen LogP contribution in [0.25, 0.3) is 11.4 Å². The summed E-state index contributed by atoms with van der Waals surface area (Å²) in [5.74, 6) is 0.499. The van der Waals surface area contributed by atoms with Crippen LogP contribution in [0.5, 0.6) is 0 Å². The molecule has 2 aliphatic heterocycles. The molecule has 2 aromatic heterocycles. The van der Waals surface area contributed by atoms with Gasteiger partial charge in [-0.2, -0.15) is 0 Å². The normalized spacial score (nSPS) is 20.0. The third-order valence-electron chi connectivity index (χ3n) is 6.56. The Morgan fingerprint density at radius 1 is 1.06 bits per heavy atom. The van der Waals surface area contributed by atoms with Gasteiger partial charge in [-0.1, -0.05) is 12.1 Å². The second kappa shape index (κ2) is 8.39. The van der Waals surface area contributed by atoms with Crippen LogP contribution in [0, 0.1) is 24.6 Å². The van der Waals surface area contributed by atoms with Gasteiger partial charge in [0, 0.05) is 61.7 Å². The van der Waals surface area contributed by atoms with Gasteiger partial charge in [-0.15, -0.1) is 0 Å². The number of rotatable bonds is 4. The molecule has 1 amide bonds. The summed E-state index contributed by atoms with van der Waals surface area (Å²) >= 11 is 0. The number of hydrogen-bond donors (Lipinski definition) is 1. The van der Waals surface area contributed by atoms with Gasteiger partial charge in [-0.25, -0.2) is 24.3 Å². The summed E-state index contributed by atoms with van der Waals surface area (Å²) in [7, 11) is 0. The number of hydrogen-bond acceptors (Lipinski definition) is 7. The maximum Gasteiger partial charge on any atom is 0.257 e. The van der Waals surface area contributed by atoms with Gasteiger partial charge in [0.05, 0.1) is 11.3 Å². The van der Waals surface area contributed by atoms with Crippen molar-refractivity contribution in [2.24, 2.45) is 11.8 Å². The molecule has 2 unspecified atom stereocenters. The third kappa shape index (κ3) is 4.11. The first-order valence-electron chi connectivity index (χ1n) is 11.4. The van der Waals surface area contributed by atoms with E-state index < -0.39 is 11.4 Å². The standard InChI is InChI=1S/C25H27FN6O2/c1-15-10-20(25(2,3)34)30-24(29-15)32-13-16-11-31(12-17(16)14-32)23(33)21-18(6-4-7-19(21)26)22-27-8-5-9-28-22/h4-10,16-17,34H,11-14H2,1-3H3. The van der Waals surface area contributed by atoms with Crippen molar-refractivity contribution in [2.45, 2.75) is 26.4 Å². The fourth-order valence-corrected chi connectivity index (χ4v) is 4.85. The molecule has 0 radical (unpaired) electrons. The molecule has 9 heteroatoms. The summed E-state index contributed by atoms with van der Waals surface area (Å²) in [5.41, 5.74) is 0.741. The maximum atomic E-state index is 14.8. The molecule has 0 spiro atoms. The average Bonchev–Trinajstić information content (AvgIpc) is 3.38. The van der Waals surface area contributed by atoms with Crippen molar-refractivity contribution in [2.75, 3.05) is 31.1 Å². The van der Waals surface area contributed by atoms with Crippen LogP contribution in [0.15, 0.2) is 42.7 Å². The smallest absolute Gasteiger partial charge is 0.257 e. The van der Waals surface area contributed by atoms with E-state index in [0.29, 0.717) is 49.2 Å². The van der Waals surface area contributed by atoms with Gasteiger partial charge < -0.3 is 14.9 Å². The average molecular weight is 463 g/mol. The lowest BCUT2D eigenvalue weighted by atomic mass is 10.0. The molecule has 2 fully saturated rings. The molecule has 0 bridgehead atoms. The highest BCUT2D eigenvalue weighted by atomic mass is 19.1. The van der Waals surface area contributed by atoms with Gasteiger partial charge in [-0.3, -0.25) is 4.79 Å². The van der Waals surface area contributed by atoms with Crippen molar-refractivity contribution in [1.29, 1.82) is 0 Å². The lowest BCUT2D eigenvalue weighted by Gasteiger charge is -2.24. The first-order valence-corrected chi connectivity index (χ1v) is 11.4. The minimum Gasteiger partial charge on any atom is -0.384 e. The van der Waals surface area contributed by atoms with E-state index in [0.717, 1.165) is 5.69 Å². The molecule has 2 saturated heterocycles. The van der Waals surface area contributed by atoms with Crippen molar-refractivity contribution in [1.82, 2.24) is 24.8 Å². The number of likely N-dealkylation sites (tertiary alicyclic amines) is 1. The number of aryl methyl sites for hydroxylation is 1. The van der Waals surface area contributed by atoms with Gasteiger partial charge in [0.25, 0.3) is 5.91 Å². The first kappa shape index (κ1) is 22.3. The fraction of sp³-hybridized carbons (Fsp3) is 0.400. The number of halogens is 1. The largest absolute Gasteiger partial charge is 0.384 e. The van der Waals surface area contributed by atoms with Gasteiger partial charge in [0.2, 0.25) is 5.95 Å². The third-order valence-corrected chi connectivity index (χ3v) is 6.56. The monoisotopic (exact) mass is 462 g/mol. The second-order valence-electron chi connectivity index (χ2n) is 9.62. The molecule has 0 aliphatic carbocycles. The minimum absolute atomic E-state index is 0.0161. The summed E-state index contributed by atoms with van der Waals surface area (Å²) in [5, 5.41) is 10.4. The van der Waals surface area contributed by atoms with Crippen molar-refractivity contribution in [3.8, 4) is 11.4 Å². The molecule has 176 valence electrons. The lowest BCUT2D eigenvalue weighted by Crippen LogP contribution is -2.34. The Kier molecular flexibility index (Phi) is 5.51. The van der Waals surface area contributed by atoms with E-state index in [1.807, 2.05) is 6.92 Å². The van der Waals surface area contributed by atoms with Crippen LogP contribution in [0.2, 0.25) is 0 Å². The molecule has 4 heterocycles. The van der Waals surface area contributed by atoms with Gasteiger partial charge >= 0.3 is 0 Å². The predicted octanol–water partition coefficient (Wildman–Crippen LogP) is 2.82. The number of amides is 1. The zero-order chi connectivity index (χ0) is 24.0. The van der Waals surface area contributed by atoms with Crippen molar-refractivity contribution >= 4 is 11.9 Å². The molecule has 2 aliphatic rings. The highest BCUT2D eigenvalue weighted by Crippen LogP contribution is 2.35. The summed E-state index contributed by atoms with van der Waals surface area (Å²) in [6.45, 7) is 7.78. The highest BCUT2D eigenvalue weighted by molar-refractivity contribution is 6.00. The molecule has 0 saturated carbocycles. The number of fused-ring (bicyclic) bond motifs is 1. The van der Waals surface area contributed by atoms with Crippen LogP contribution in [-0.4, -0.2) is 62.0 Å². The van der Waals surface area contributed by atoms with E-state index in [2.05, 4.69) is 24.8 Å². The van der Waals surface area contributed by atoms with Crippen LogP contribution >= 0.6 is 0 Å². The Hall–Kier alpha value is -3.46. The number of aromatic nitrogens is 4. The number of carbonyl (C=O) groups excluding carboxylic acids is 1. The molecular formula is C25H27FN6O2. The maximum absolute atomic E-state index is 14.8. The molecule has 5 rings (SSSR count). The number of benzene rings is 1. The SMILES string of the molecule is Cc1cc(C(C)(C)O)nc(N2CC3CN(C(=O)c4c(F)cccc4-c4ncccn4)CC3C2)n1. The number of carbonyl (C=O) groups is 1. The molecule has 8 nitrogen and oxygen atoms in total. The Morgan fingerprint density at radius 3 is 2.38 bits per heavy atom. The highest BCUT2D eigenvalue weighted by Gasteiger charge is 2.43. The van der Waals surface area contributed by atoms with Gasteiger partial charge in [-0.05, 0) is 39.0 Å². The van der Waals surface area contributed by atoms with E-state index in [9.17, 15) is 14.3 Å². The number of nitrogens with zero attached hydrogens (tertiary/aromatic N) is 6. The molecule has 2 atom stereocenters. The van der Waals surface area contributed by atoms with E-state index in [1.54, 1.807) is 55.4 Å². The molecule has 1 N–H and O–H groups in total. The van der Waals surface area contributed by atoms with E-state index in [-0.39, 0.29) is 23.3 Å². The molecule has 3 aromatic rings. The van der Waals surface area contributed by atoms with E-state index in [4.69, 9.17) is 0 Å². The van der Waals surface area contributed by atoms with E-state index in [1.165, 1.54) is 6.07 Å². The fourth-order valence-electron chi connectivity index (χ4n) is 4.85. The summed E-state index contributed by atoms with van der Waals surface area (Å²) in [4.78, 5) is 34.8. The van der Waals surface area contributed by atoms with Crippen LogP contribution < -0.4 is 4.90 Å². The van der Waals surface area contributed by atoms with Gasteiger partial charge in [0.1, 0.15) is 11.4 Å². The summed E-state index contributed by atoms with van der Waals surface area (Å²) in [6, 6.07) is 8.02. The number of anilines is 1. The van der Waals surface area contributed by atoms with Crippen LogP contribution in [0.3, 0.4) is 0 Å². The Labute approximate surface area is 197 Å². The van der Waals surface area contributed by atoms with Crippen molar-refractivity contribution in [3.63, 3.8) is 0 Å². The van der Waals surface area contributed by atoms with Crippen molar-refractivity contribution in [3.05, 3.63) is 65.5 Å². The summed E-state index contributed by atoms with van der Waals surface area (Å²) in [6.07, 6.45) is 3.15. The Balaban J connectivity index is 1.34. The topological polar surface area (TPSA) is 95.3 Å². The van der Waals surface area contributed by atoms with Crippen molar-refractivity contribution < 1.29 is 14.3 Å². The molecular weight excluding hydrogens is 435 g/mol. The Bertz CT molecular complexity index is 1220. The van der Waals surface area contributed by atoms with E-state index >= 15 is 0 Å². The first-order chi connectivity index (χ1) is 16.2. The van der Waals surface area contributed by atoms with Crippen LogP contribution in [-0.2, 0) is 5.60 Å². The zero-order valence-electron chi connectivity index (χ0n) is 19.4. The zero-order valence-corrected chi connectivity index (χ0v) is 19.4. The minimum atomic E-state index is -1.05. The molecule has 34 heavy (non-hydrogen) atoms. The summed E-state index contributed by atoms with van der Waals surface area (Å²) < 4.78 is 14.8. The second-order valence-corrected chi connectivity index (χ2v) is 9.62. The number of aliphatic hydroxyl groups is 1. The molecule has 1 aromatic carbocycles. The lowest BCUT2D eigenvalue weighted by molar-refractivity contribution is 0.0735. The quantitative estimate of drug-likeness (QED) is 0.637.